The van der Waals surface area contributed by atoms with E-state index in [0.717, 1.165) is 22.6 Å². The molecular weight excluding hydrogens is 196 g/mol. The van der Waals surface area contributed by atoms with E-state index in [-0.39, 0.29) is 6.42 Å². The second-order valence-corrected chi connectivity index (χ2v) is 4.16. The molecule has 0 heterocycles. The van der Waals surface area contributed by atoms with Gasteiger partial charge in [0.05, 0.1) is 6.42 Å². The quantitative estimate of drug-likeness (QED) is 0.759. The van der Waals surface area contributed by atoms with Crippen molar-refractivity contribution in [2.75, 3.05) is 5.75 Å². The molecule has 1 rings (SSSR count). The van der Waals surface area contributed by atoms with Crippen molar-refractivity contribution in [1.82, 2.24) is 0 Å². The van der Waals surface area contributed by atoms with Crippen molar-refractivity contribution >= 4 is 17.7 Å². The zero-order chi connectivity index (χ0) is 10.4. The molecule has 0 aliphatic carbocycles. The number of carboxylic acid groups (broad SMARTS) is 1. The highest BCUT2D eigenvalue weighted by Gasteiger charge is 2.05. The van der Waals surface area contributed by atoms with Gasteiger partial charge in [-0.1, -0.05) is 25.1 Å². The molecule has 0 aliphatic rings. The summed E-state index contributed by atoms with van der Waals surface area (Å²) in [5, 5.41) is 8.71. The highest BCUT2D eigenvalue weighted by atomic mass is 32.2. The first kappa shape index (κ1) is 11.1. The van der Waals surface area contributed by atoms with Crippen LogP contribution in [-0.2, 0) is 11.2 Å². The highest BCUT2D eigenvalue weighted by Crippen LogP contribution is 2.23. The molecule has 0 amide bonds. The summed E-state index contributed by atoms with van der Waals surface area (Å²) >= 11 is 1.73. The fraction of sp³-hybridized carbons (Fsp3) is 0.364. The zero-order valence-corrected chi connectivity index (χ0v) is 9.01. The Hall–Kier alpha value is -0.960. The van der Waals surface area contributed by atoms with E-state index < -0.39 is 5.97 Å². The minimum absolute atomic E-state index is 0.118. The van der Waals surface area contributed by atoms with Crippen LogP contribution in [0.5, 0.6) is 0 Å². The van der Waals surface area contributed by atoms with Gasteiger partial charge >= 0.3 is 5.97 Å². The Balaban J connectivity index is 2.74. The summed E-state index contributed by atoms with van der Waals surface area (Å²) in [6.07, 6.45) is 1.22. The van der Waals surface area contributed by atoms with E-state index in [1.54, 1.807) is 11.8 Å². The first-order chi connectivity index (χ1) is 6.74. The highest BCUT2D eigenvalue weighted by molar-refractivity contribution is 7.99. The van der Waals surface area contributed by atoms with E-state index in [9.17, 15) is 4.79 Å². The maximum Gasteiger partial charge on any atom is 0.307 e. The predicted molar refractivity (Wildman–Crippen MR) is 58.8 cm³/mol. The van der Waals surface area contributed by atoms with Crippen molar-refractivity contribution in [1.29, 1.82) is 0 Å². The Labute approximate surface area is 88.3 Å². The van der Waals surface area contributed by atoms with Crippen LogP contribution < -0.4 is 0 Å². The van der Waals surface area contributed by atoms with Gasteiger partial charge in [-0.15, -0.1) is 11.8 Å². The molecular formula is C11H14O2S. The van der Waals surface area contributed by atoms with E-state index in [1.165, 1.54) is 0 Å². The predicted octanol–water partition coefficient (Wildman–Crippen LogP) is 2.82. The first-order valence-electron chi connectivity index (χ1n) is 4.66. The Kier molecular flexibility index (Phi) is 4.53. The molecule has 0 bridgehead atoms. The number of carboxylic acids is 1. The molecule has 0 unspecified atom stereocenters. The summed E-state index contributed by atoms with van der Waals surface area (Å²) in [7, 11) is 0. The van der Waals surface area contributed by atoms with Gasteiger partial charge < -0.3 is 5.11 Å². The standard InChI is InChI=1S/C11H14O2S/c1-2-7-14-10-6-4-3-5-9(10)8-11(12)13/h3-6H,2,7-8H2,1H3,(H,12,13). The van der Waals surface area contributed by atoms with Crippen LogP contribution in [0.15, 0.2) is 29.2 Å². The topological polar surface area (TPSA) is 37.3 Å². The molecule has 0 spiro atoms. The largest absolute Gasteiger partial charge is 0.481 e. The van der Waals surface area contributed by atoms with Gasteiger partial charge in [0.1, 0.15) is 0 Å². The lowest BCUT2D eigenvalue weighted by Gasteiger charge is -2.05. The third-order valence-electron chi connectivity index (χ3n) is 1.78. The lowest BCUT2D eigenvalue weighted by molar-refractivity contribution is -0.136. The van der Waals surface area contributed by atoms with E-state index in [4.69, 9.17) is 5.11 Å². The number of benzene rings is 1. The molecule has 1 N–H and O–H groups in total. The van der Waals surface area contributed by atoms with Gasteiger partial charge in [-0.3, -0.25) is 4.79 Å². The molecule has 0 saturated heterocycles. The van der Waals surface area contributed by atoms with Crippen LogP contribution in [0.2, 0.25) is 0 Å². The van der Waals surface area contributed by atoms with Crippen molar-refractivity contribution in [2.45, 2.75) is 24.7 Å². The third kappa shape index (κ3) is 3.42. The van der Waals surface area contributed by atoms with Gasteiger partial charge in [-0.25, -0.2) is 0 Å². The average Bonchev–Trinajstić information content (AvgIpc) is 2.16. The normalized spacial score (nSPS) is 10.1. The fourth-order valence-corrected chi connectivity index (χ4v) is 2.09. The SMILES string of the molecule is CCCSc1ccccc1CC(=O)O. The molecule has 1 aromatic carbocycles. The van der Waals surface area contributed by atoms with Crippen molar-refractivity contribution in [3.63, 3.8) is 0 Å². The van der Waals surface area contributed by atoms with Gasteiger partial charge in [0.15, 0.2) is 0 Å². The van der Waals surface area contributed by atoms with E-state index >= 15 is 0 Å². The second-order valence-electron chi connectivity index (χ2n) is 3.03. The van der Waals surface area contributed by atoms with Gasteiger partial charge in [-0.05, 0) is 23.8 Å². The Morgan fingerprint density at radius 3 is 2.79 bits per heavy atom. The zero-order valence-electron chi connectivity index (χ0n) is 8.19. The van der Waals surface area contributed by atoms with Crippen molar-refractivity contribution in [3.8, 4) is 0 Å². The number of aliphatic carboxylic acids is 1. The van der Waals surface area contributed by atoms with Crippen LogP contribution in [0, 0.1) is 0 Å². The van der Waals surface area contributed by atoms with Crippen LogP contribution in [0.1, 0.15) is 18.9 Å². The molecule has 0 radical (unpaired) electrons. The van der Waals surface area contributed by atoms with Crippen molar-refractivity contribution in [3.05, 3.63) is 29.8 Å². The number of hydrogen-bond donors (Lipinski definition) is 1. The van der Waals surface area contributed by atoms with Crippen LogP contribution >= 0.6 is 11.8 Å². The minimum atomic E-state index is -0.769. The number of thioether (sulfide) groups is 1. The first-order valence-corrected chi connectivity index (χ1v) is 5.65. The Morgan fingerprint density at radius 2 is 2.14 bits per heavy atom. The Bertz CT molecular complexity index is 310. The maximum atomic E-state index is 10.6. The smallest absolute Gasteiger partial charge is 0.307 e. The molecule has 76 valence electrons. The summed E-state index contributed by atoms with van der Waals surface area (Å²) in [6, 6.07) is 7.70. The maximum absolute atomic E-state index is 10.6. The number of rotatable bonds is 5. The van der Waals surface area contributed by atoms with Gasteiger partial charge in [0, 0.05) is 4.90 Å². The van der Waals surface area contributed by atoms with Crippen molar-refractivity contribution in [2.24, 2.45) is 0 Å². The Morgan fingerprint density at radius 1 is 1.43 bits per heavy atom. The summed E-state index contributed by atoms with van der Waals surface area (Å²) in [4.78, 5) is 11.7. The van der Waals surface area contributed by atoms with Gasteiger partial charge in [0.2, 0.25) is 0 Å². The van der Waals surface area contributed by atoms with Crippen LogP contribution in [0.3, 0.4) is 0 Å². The molecule has 0 atom stereocenters. The van der Waals surface area contributed by atoms with E-state index in [2.05, 4.69) is 6.92 Å². The lowest BCUT2D eigenvalue weighted by atomic mass is 10.1. The van der Waals surface area contributed by atoms with E-state index in [0.29, 0.717) is 0 Å². The number of carbonyl (C=O) groups is 1. The van der Waals surface area contributed by atoms with Crippen LogP contribution in [0.25, 0.3) is 0 Å². The minimum Gasteiger partial charge on any atom is -0.481 e. The second kappa shape index (κ2) is 5.70. The molecule has 0 aliphatic heterocycles. The van der Waals surface area contributed by atoms with Gasteiger partial charge in [0.25, 0.3) is 0 Å². The molecule has 2 nitrogen and oxygen atoms in total. The number of hydrogen-bond acceptors (Lipinski definition) is 2. The molecule has 0 aromatic heterocycles. The summed E-state index contributed by atoms with van der Waals surface area (Å²) < 4.78 is 0. The fourth-order valence-electron chi connectivity index (χ4n) is 1.17. The van der Waals surface area contributed by atoms with Gasteiger partial charge in [-0.2, -0.15) is 0 Å². The lowest BCUT2D eigenvalue weighted by Crippen LogP contribution is -2.01. The summed E-state index contributed by atoms with van der Waals surface area (Å²) in [5.41, 5.74) is 0.915. The van der Waals surface area contributed by atoms with Crippen LogP contribution in [-0.4, -0.2) is 16.8 Å². The summed E-state index contributed by atoms with van der Waals surface area (Å²) in [6.45, 7) is 2.12. The van der Waals surface area contributed by atoms with Crippen molar-refractivity contribution < 1.29 is 9.90 Å². The van der Waals surface area contributed by atoms with Crippen LogP contribution in [0.4, 0.5) is 0 Å². The summed E-state index contributed by atoms with van der Waals surface area (Å²) in [5.74, 6) is 0.269. The molecule has 0 fully saturated rings. The molecule has 3 heteroatoms. The monoisotopic (exact) mass is 210 g/mol. The molecule has 0 saturated carbocycles. The molecule has 1 aromatic rings. The third-order valence-corrected chi connectivity index (χ3v) is 3.10. The average molecular weight is 210 g/mol. The van der Waals surface area contributed by atoms with E-state index in [1.807, 2.05) is 24.3 Å². The molecule has 14 heavy (non-hydrogen) atoms.